The molecule has 4 atom stereocenters. The van der Waals surface area contributed by atoms with Crippen LogP contribution in [-0.2, 0) is 4.79 Å². The molecule has 2 fully saturated rings. The van der Waals surface area contributed by atoms with Crippen LogP contribution in [0.1, 0.15) is 58.3 Å². The Bertz CT molecular complexity index is 404. The molecule has 3 aliphatic rings. The van der Waals surface area contributed by atoms with Crippen LogP contribution in [0.25, 0.3) is 0 Å². The lowest BCUT2D eigenvalue weighted by Crippen LogP contribution is -2.31. The van der Waals surface area contributed by atoms with Crippen molar-refractivity contribution < 1.29 is 4.79 Å². The molecular weight excluding hydrogens is 232 g/mol. The van der Waals surface area contributed by atoms with E-state index in [4.69, 9.17) is 0 Å². The highest BCUT2D eigenvalue weighted by Gasteiger charge is 2.36. The normalized spacial score (nSPS) is 39.4. The lowest BCUT2D eigenvalue weighted by Gasteiger charge is -2.40. The van der Waals surface area contributed by atoms with Gasteiger partial charge in [-0.2, -0.15) is 0 Å². The third kappa shape index (κ3) is 2.85. The van der Waals surface area contributed by atoms with Crippen molar-refractivity contribution in [3.05, 3.63) is 23.8 Å². The number of ketones is 1. The van der Waals surface area contributed by atoms with E-state index in [-0.39, 0.29) is 5.78 Å². The number of carbonyl (C=O) groups excluding carboxylic acids is 1. The average Bonchev–Trinajstić information content (AvgIpc) is 2.49. The Morgan fingerprint density at radius 3 is 2.79 bits per heavy atom. The molecule has 4 unspecified atom stereocenters. The molecule has 1 nitrogen and oxygen atoms in total. The number of allylic oxidation sites excluding steroid dienone is 4. The summed E-state index contributed by atoms with van der Waals surface area (Å²) in [4.78, 5) is 11.5. The maximum absolute atomic E-state index is 11.5. The molecule has 1 heteroatoms. The molecule has 0 saturated heterocycles. The van der Waals surface area contributed by atoms with Gasteiger partial charge < -0.3 is 0 Å². The van der Waals surface area contributed by atoms with Crippen LogP contribution in [-0.4, -0.2) is 5.78 Å². The minimum Gasteiger partial charge on any atom is -0.290 e. The van der Waals surface area contributed by atoms with Gasteiger partial charge in [-0.05, 0) is 49.2 Å². The molecule has 0 aromatic heterocycles. The van der Waals surface area contributed by atoms with E-state index in [0.717, 1.165) is 24.2 Å². The molecule has 0 N–H and O–H groups in total. The summed E-state index contributed by atoms with van der Waals surface area (Å²) in [6.07, 6.45) is 16.9. The molecule has 3 rings (SSSR count). The van der Waals surface area contributed by atoms with Crippen molar-refractivity contribution in [2.45, 2.75) is 58.3 Å². The largest absolute Gasteiger partial charge is 0.290 e. The Hall–Kier alpha value is -0.850. The van der Waals surface area contributed by atoms with Crippen LogP contribution >= 0.6 is 0 Å². The summed E-state index contributed by atoms with van der Waals surface area (Å²) in [5.41, 5.74) is 1.43. The SMILES string of the molecule is CC1CCCCC2CCC3=CC(=O)C=CC3C2CC1. The second-order valence-electron chi connectivity index (χ2n) is 6.94. The highest BCUT2D eigenvalue weighted by molar-refractivity contribution is 6.00. The van der Waals surface area contributed by atoms with Gasteiger partial charge in [-0.15, -0.1) is 0 Å². The Labute approximate surface area is 117 Å². The molecule has 0 aliphatic heterocycles. The predicted molar refractivity (Wildman–Crippen MR) is 78.8 cm³/mol. The fourth-order valence-electron chi connectivity index (χ4n) is 4.46. The third-order valence-electron chi connectivity index (χ3n) is 5.61. The molecule has 2 saturated carbocycles. The zero-order valence-electron chi connectivity index (χ0n) is 12.1. The van der Waals surface area contributed by atoms with Gasteiger partial charge in [0.15, 0.2) is 5.78 Å². The first-order valence-electron chi connectivity index (χ1n) is 8.16. The summed E-state index contributed by atoms with van der Waals surface area (Å²) in [5, 5.41) is 0. The topological polar surface area (TPSA) is 17.1 Å². The van der Waals surface area contributed by atoms with Crippen LogP contribution in [0.15, 0.2) is 23.8 Å². The van der Waals surface area contributed by atoms with Gasteiger partial charge in [0, 0.05) is 5.92 Å². The van der Waals surface area contributed by atoms with Crippen LogP contribution < -0.4 is 0 Å². The van der Waals surface area contributed by atoms with Gasteiger partial charge >= 0.3 is 0 Å². The number of hydrogen-bond donors (Lipinski definition) is 0. The van der Waals surface area contributed by atoms with Crippen molar-refractivity contribution >= 4 is 5.78 Å². The zero-order chi connectivity index (χ0) is 13.2. The smallest absolute Gasteiger partial charge is 0.178 e. The molecule has 0 spiro atoms. The maximum Gasteiger partial charge on any atom is 0.178 e. The Balaban J connectivity index is 1.80. The van der Waals surface area contributed by atoms with E-state index in [2.05, 4.69) is 13.0 Å². The van der Waals surface area contributed by atoms with Crippen molar-refractivity contribution in [1.82, 2.24) is 0 Å². The molecular formula is C18H26O. The minimum absolute atomic E-state index is 0.209. The quantitative estimate of drug-likeness (QED) is 0.616. The van der Waals surface area contributed by atoms with Crippen LogP contribution in [0, 0.1) is 23.7 Å². The van der Waals surface area contributed by atoms with Gasteiger partial charge in [-0.1, -0.05) is 50.7 Å². The standard InChI is InChI=1S/C18H26O/c1-13-4-2-3-5-14-7-8-15-12-16(19)9-11-18(15)17(14)10-6-13/h9,11-14,17-18H,2-8,10H2,1H3. The highest BCUT2D eigenvalue weighted by atomic mass is 16.1. The first kappa shape index (κ1) is 13.1. The maximum atomic E-state index is 11.5. The van der Waals surface area contributed by atoms with Crippen LogP contribution in [0.4, 0.5) is 0 Å². The van der Waals surface area contributed by atoms with Gasteiger partial charge in [-0.3, -0.25) is 4.79 Å². The first-order valence-corrected chi connectivity index (χ1v) is 8.16. The summed E-state index contributed by atoms with van der Waals surface area (Å²) in [5.74, 6) is 3.40. The van der Waals surface area contributed by atoms with Crippen molar-refractivity contribution in [3.8, 4) is 0 Å². The predicted octanol–water partition coefficient (Wildman–Crippen LogP) is 4.68. The molecule has 0 heterocycles. The molecule has 104 valence electrons. The summed E-state index contributed by atoms with van der Waals surface area (Å²) in [6.45, 7) is 2.42. The van der Waals surface area contributed by atoms with Crippen LogP contribution in [0.2, 0.25) is 0 Å². The van der Waals surface area contributed by atoms with Gasteiger partial charge in [0.05, 0.1) is 0 Å². The summed E-state index contributed by atoms with van der Waals surface area (Å²) < 4.78 is 0. The van der Waals surface area contributed by atoms with Crippen LogP contribution in [0.5, 0.6) is 0 Å². The zero-order valence-corrected chi connectivity index (χ0v) is 12.1. The van der Waals surface area contributed by atoms with Gasteiger partial charge in [0.2, 0.25) is 0 Å². The van der Waals surface area contributed by atoms with E-state index >= 15 is 0 Å². The van der Waals surface area contributed by atoms with E-state index in [1.54, 1.807) is 0 Å². The molecule has 0 radical (unpaired) electrons. The Kier molecular flexibility index (Phi) is 3.91. The van der Waals surface area contributed by atoms with E-state index in [1.807, 2.05) is 12.2 Å². The number of hydrogen-bond acceptors (Lipinski definition) is 1. The molecule has 0 aromatic carbocycles. The molecule has 0 bridgehead atoms. The van der Waals surface area contributed by atoms with E-state index < -0.39 is 0 Å². The van der Waals surface area contributed by atoms with Gasteiger partial charge in [-0.25, -0.2) is 0 Å². The lowest BCUT2D eigenvalue weighted by atomic mass is 9.65. The second-order valence-corrected chi connectivity index (χ2v) is 6.94. The highest BCUT2D eigenvalue weighted by Crippen LogP contribution is 2.46. The number of carbonyl (C=O) groups is 1. The molecule has 3 aliphatic carbocycles. The molecule has 19 heavy (non-hydrogen) atoms. The van der Waals surface area contributed by atoms with Crippen LogP contribution in [0.3, 0.4) is 0 Å². The van der Waals surface area contributed by atoms with E-state index in [1.165, 1.54) is 50.5 Å². The van der Waals surface area contributed by atoms with Gasteiger partial charge in [0.25, 0.3) is 0 Å². The monoisotopic (exact) mass is 258 g/mol. The first-order chi connectivity index (χ1) is 9.24. The van der Waals surface area contributed by atoms with E-state index in [9.17, 15) is 4.79 Å². The second kappa shape index (κ2) is 5.64. The summed E-state index contributed by atoms with van der Waals surface area (Å²) >= 11 is 0. The van der Waals surface area contributed by atoms with Crippen molar-refractivity contribution in [2.75, 3.05) is 0 Å². The van der Waals surface area contributed by atoms with Crippen molar-refractivity contribution in [3.63, 3.8) is 0 Å². The molecule has 0 amide bonds. The van der Waals surface area contributed by atoms with Crippen molar-refractivity contribution in [2.24, 2.45) is 23.7 Å². The summed E-state index contributed by atoms with van der Waals surface area (Å²) in [7, 11) is 0. The fourth-order valence-corrected chi connectivity index (χ4v) is 4.46. The third-order valence-corrected chi connectivity index (χ3v) is 5.61. The Morgan fingerprint density at radius 2 is 1.89 bits per heavy atom. The lowest BCUT2D eigenvalue weighted by molar-refractivity contribution is -0.110. The molecule has 0 aromatic rings. The summed E-state index contributed by atoms with van der Waals surface area (Å²) in [6, 6.07) is 0. The average molecular weight is 258 g/mol. The van der Waals surface area contributed by atoms with E-state index in [0.29, 0.717) is 5.92 Å². The number of rotatable bonds is 0. The Morgan fingerprint density at radius 1 is 1.05 bits per heavy atom. The number of fused-ring (bicyclic) bond motifs is 3. The fraction of sp³-hybridized carbons (Fsp3) is 0.722. The minimum atomic E-state index is 0.209. The van der Waals surface area contributed by atoms with Gasteiger partial charge in [0.1, 0.15) is 0 Å². The van der Waals surface area contributed by atoms with Crippen molar-refractivity contribution in [1.29, 1.82) is 0 Å².